The molecule has 0 aliphatic rings. The molecule has 1 amide bonds. The lowest BCUT2D eigenvalue weighted by Crippen LogP contribution is -2.14. The summed E-state index contributed by atoms with van der Waals surface area (Å²) in [7, 11) is 0. The number of nitrogens with one attached hydrogen (secondary N) is 1. The molecule has 5 heteroatoms. The number of nitriles is 1. The monoisotopic (exact) mass is 301 g/mol. The van der Waals surface area contributed by atoms with E-state index in [0.29, 0.717) is 16.9 Å². The van der Waals surface area contributed by atoms with Gasteiger partial charge in [0.2, 0.25) is 0 Å². The van der Waals surface area contributed by atoms with Crippen molar-refractivity contribution in [2.75, 3.05) is 5.32 Å². The van der Waals surface area contributed by atoms with E-state index in [1.54, 1.807) is 42.6 Å². The minimum atomic E-state index is -0.338. The summed E-state index contributed by atoms with van der Waals surface area (Å²) < 4.78 is 0.787. The van der Waals surface area contributed by atoms with Crippen LogP contribution in [0, 0.1) is 11.3 Å². The minimum absolute atomic E-state index is 0.310. The molecule has 0 fully saturated rings. The molecule has 0 aliphatic carbocycles. The van der Waals surface area contributed by atoms with Crippen molar-refractivity contribution in [2.45, 2.75) is 0 Å². The predicted molar refractivity (Wildman–Crippen MR) is 71.0 cm³/mol. The van der Waals surface area contributed by atoms with Gasteiger partial charge in [0.1, 0.15) is 11.8 Å². The number of hydrogen-bond donors (Lipinski definition) is 1. The molecule has 0 bridgehead atoms. The number of amides is 1. The highest BCUT2D eigenvalue weighted by atomic mass is 79.9. The van der Waals surface area contributed by atoms with Crippen molar-refractivity contribution < 1.29 is 4.79 Å². The Bertz CT molecular complexity index is 620. The fourth-order valence-corrected chi connectivity index (χ4v) is 1.76. The van der Waals surface area contributed by atoms with Crippen LogP contribution in [0.2, 0.25) is 0 Å². The number of pyridine rings is 1. The Labute approximate surface area is 112 Å². The molecule has 0 saturated carbocycles. The van der Waals surface area contributed by atoms with Crippen LogP contribution in [0.4, 0.5) is 5.69 Å². The summed E-state index contributed by atoms with van der Waals surface area (Å²) in [6.45, 7) is 0. The first-order chi connectivity index (χ1) is 8.70. The van der Waals surface area contributed by atoms with Gasteiger partial charge in [0.25, 0.3) is 5.91 Å². The van der Waals surface area contributed by atoms with Gasteiger partial charge in [-0.05, 0) is 30.3 Å². The first-order valence-electron chi connectivity index (χ1n) is 5.13. The molecule has 0 spiro atoms. The molecular weight excluding hydrogens is 294 g/mol. The largest absolute Gasteiger partial charge is 0.319 e. The third-order valence-electron chi connectivity index (χ3n) is 2.25. The van der Waals surface area contributed by atoms with Gasteiger partial charge in [0.15, 0.2) is 0 Å². The Morgan fingerprint density at radius 2 is 2.17 bits per heavy atom. The number of nitrogens with zero attached hydrogens (tertiary/aromatic N) is 2. The van der Waals surface area contributed by atoms with Crippen molar-refractivity contribution in [3.05, 3.63) is 58.3 Å². The summed E-state index contributed by atoms with van der Waals surface area (Å²) >= 11 is 3.27. The molecule has 18 heavy (non-hydrogen) atoms. The van der Waals surface area contributed by atoms with E-state index >= 15 is 0 Å². The van der Waals surface area contributed by atoms with Crippen molar-refractivity contribution in [2.24, 2.45) is 0 Å². The third-order valence-corrected chi connectivity index (χ3v) is 2.74. The van der Waals surface area contributed by atoms with Crippen LogP contribution in [0.15, 0.2) is 47.1 Å². The molecule has 1 N–H and O–H groups in total. The fraction of sp³-hybridized carbons (Fsp3) is 0. The second-order valence-corrected chi connectivity index (χ2v) is 4.39. The Hall–Kier alpha value is -2.19. The lowest BCUT2D eigenvalue weighted by atomic mass is 10.2. The number of rotatable bonds is 2. The van der Waals surface area contributed by atoms with Gasteiger partial charge in [-0.15, -0.1) is 0 Å². The second kappa shape index (κ2) is 5.43. The summed E-state index contributed by atoms with van der Waals surface area (Å²) in [5.74, 6) is -0.338. The Kier molecular flexibility index (Phi) is 3.70. The lowest BCUT2D eigenvalue weighted by Gasteiger charge is -2.06. The smallest absolute Gasteiger partial charge is 0.274 e. The molecule has 1 aromatic carbocycles. The molecule has 0 saturated heterocycles. The molecule has 88 valence electrons. The average molecular weight is 302 g/mol. The minimum Gasteiger partial charge on any atom is -0.319 e. The summed E-state index contributed by atoms with van der Waals surface area (Å²) in [4.78, 5) is 15.8. The molecule has 2 aromatic rings. The zero-order chi connectivity index (χ0) is 13.0. The zero-order valence-electron chi connectivity index (χ0n) is 9.22. The number of anilines is 1. The molecule has 4 nitrogen and oxygen atoms in total. The lowest BCUT2D eigenvalue weighted by molar-refractivity contribution is 0.102. The average Bonchev–Trinajstić information content (AvgIpc) is 2.41. The quantitative estimate of drug-likeness (QED) is 0.927. The van der Waals surface area contributed by atoms with Crippen LogP contribution in [0.25, 0.3) is 0 Å². The summed E-state index contributed by atoms with van der Waals surface area (Å²) in [5, 5.41) is 11.6. The zero-order valence-corrected chi connectivity index (χ0v) is 10.8. The summed E-state index contributed by atoms with van der Waals surface area (Å²) in [5.41, 5.74) is 1.18. The molecule has 0 unspecified atom stereocenters. The molecule has 0 atom stereocenters. The Morgan fingerprint density at radius 3 is 2.83 bits per heavy atom. The van der Waals surface area contributed by atoms with E-state index in [9.17, 15) is 4.79 Å². The van der Waals surface area contributed by atoms with Gasteiger partial charge in [-0.1, -0.05) is 22.0 Å². The first kappa shape index (κ1) is 12.3. The van der Waals surface area contributed by atoms with Gasteiger partial charge >= 0.3 is 0 Å². The van der Waals surface area contributed by atoms with E-state index in [-0.39, 0.29) is 5.91 Å². The Balaban J connectivity index is 2.25. The van der Waals surface area contributed by atoms with E-state index in [0.717, 1.165) is 4.47 Å². The van der Waals surface area contributed by atoms with Crippen molar-refractivity contribution in [3.63, 3.8) is 0 Å². The number of hydrogen-bond acceptors (Lipinski definition) is 3. The van der Waals surface area contributed by atoms with Gasteiger partial charge in [0.05, 0.1) is 11.3 Å². The van der Waals surface area contributed by atoms with Crippen LogP contribution < -0.4 is 5.32 Å². The molecular formula is C13H8BrN3O. The third kappa shape index (κ3) is 2.73. The van der Waals surface area contributed by atoms with E-state index < -0.39 is 0 Å². The van der Waals surface area contributed by atoms with Crippen LogP contribution >= 0.6 is 15.9 Å². The topological polar surface area (TPSA) is 65.8 Å². The van der Waals surface area contributed by atoms with Crippen LogP contribution in [0.1, 0.15) is 16.1 Å². The van der Waals surface area contributed by atoms with Crippen molar-refractivity contribution >= 4 is 27.5 Å². The van der Waals surface area contributed by atoms with E-state index in [2.05, 4.69) is 26.2 Å². The summed E-state index contributed by atoms with van der Waals surface area (Å²) in [6.07, 6.45) is 1.54. The van der Waals surface area contributed by atoms with Crippen LogP contribution in [0.3, 0.4) is 0 Å². The standard InChI is InChI=1S/C13H8BrN3O/c14-10-4-5-11(9(7-10)8-15)17-13(18)12-3-1-2-6-16-12/h1-7H,(H,17,18). The van der Waals surface area contributed by atoms with Gasteiger partial charge < -0.3 is 5.32 Å². The van der Waals surface area contributed by atoms with Crippen molar-refractivity contribution in [1.82, 2.24) is 4.98 Å². The molecule has 1 aromatic heterocycles. The molecule has 1 heterocycles. The fourth-order valence-electron chi connectivity index (χ4n) is 1.40. The van der Waals surface area contributed by atoms with Gasteiger partial charge in [-0.3, -0.25) is 9.78 Å². The Morgan fingerprint density at radius 1 is 1.33 bits per heavy atom. The van der Waals surface area contributed by atoms with Crippen LogP contribution in [0.5, 0.6) is 0 Å². The van der Waals surface area contributed by atoms with Crippen LogP contribution in [-0.2, 0) is 0 Å². The molecule has 2 rings (SSSR count). The normalized spacial score (nSPS) is 9.56. The SMILES string of the molecule is N#Cc1cc(Br)ccc1NC(=O)c1ccccn1. The van der Waals surface area contributed by atoms with Crippen molar-refractivity contribution in [3.8, 4) is 6.07 Å². The summed E-state index contributed by atoms with van der Waals surface area (Å²) in [6, 6.07) is 12.2. The maximum atomic E-state index is 11.9. The predicted octanol–water partition coefficient (Wildman–Crippen LogP) is 2.97. The van der Waals surface area contributed by atoms with E-state index in [1.807, 2.05) is 6.07 Å². The van der Waals surface area contributed by atoms with Gasteiger partial charge in [-0.2, -0.15) is 5.26 Å². The van der Waals surface area contributed by atoms with Crippen molar-refractivity contribution in [1.29, 1.82) is 5.26 Å². The highest BCUT2D eigenvalue weighted by Crippen LogP contribution is 2.20. The highest BCUT2D eigenvalue weighted by molar-refractivity contribution is 9.10. The maximum absolute atomic E-state index is 11.9. The number of carbonyl (C=O) groups is 1. The second-order valence-electron chi connectivity index (χ2n) is 3.47. The van der Waals surface area contributed by atoms with E-state index in [1.165, 1.54) is 0 Å². The van der Waals surface area contributed by atoms with E-state index in [4.69, 9.17) is 5.26 Å². The molecule has 0 aliphatic heterocycles. The van der Waals surface area contributed by atoms with Gasteiger partial charge in [0, 0.05) is 10.7 Å². The maximum Gasteiger partial charge on any atom is 0.274 e. The number of halogens is 1. The van der Waals surface area contributed by atoms with Gasteiger partial charge in [-0.25, -0.2) is 0 Å². The highest BCUT2D eigenvalue weighted by Gasteiger charge is 2.09. The van der Waals surface area contributed by atoms with Crippen LogP contribution in [-0.4, -0.2) is 10.9 Å². The number of aromatic nitrogens is 1. The number of benzene rings is 1. The number of carbonyl (C=O) groups excluding carboxylic acids is 1. The first-order valence-corrected chi connectivity index (χ1v) is 5.92. The molecule has 0 radical (unpaired) electrons.